The first-order valence-electron chi connectivity index (χ1n) is 3.73. The summed E-state index contributed by atoms with van der Waals surface area (Å²) in [4.78, 5) is 10.2. The first-order chi connectivity index (χ1) is 5.79. The minimum atomic E-state index is -0.693. The van der Waals surface area contributed by atoms with Crippen molar-refractivity contribution in [3.05, 3.63) is 30.3 Å². The fourth-order valence-electron chi connectivity index (χ4n) is 0.814. The van der Waals surface area contributed by atoms with E-state index in [9.17, 15) is 4.79 Å². The van der Waals surface area contributed by atoms with E-state index in [1.54, 1.807) is 0 Å². The van der Waals surface area contributed by atoms with E-state index in [1.807, 2.05) is 18.2 Å². The maximum atomic E-state index is 10.2. The molecule has 63 valence electrons. The van der Waals surface area contributed by atoms with Crippen molar-refractivity contribution in [2.24, 2.45) is 0 Å². The number of benzene rings is 1. The monoisotopic (exact) mass is 225 g/mol. The summed E-state index contributed by atoms with van der Waals surface area (Å²) < 4.78 is 1.30. The fourth-order valence-corrected chi connectivity index (χ4v) is 2.80. The Balaban J connectivity index is 2.29. The molecule has 0 spiro atoms. The molecule has 0 unspecified atom stereocenters. The summed E-state index contributed by atoms with van der Waals surface area (Å²) in [6.45, 7) is 0. The van der Waals surface area contributed by atoms with Crippen LogP contribution in [-0.4, -0.2) is 26.8 Å². The Labute approximate surface area is 78.3 Å². The van der Waals surface area contributed by atoms with Crippen molar-refractivity contribution in [3.63, 3.8) is 0 Å². The second-order valence-electron chi connectivity index (χ2n) is 2.36. The molecule has 1 rings (SSSR count). The molecule has 12 heavy (non-hydrogen) atoms. The van der Waals surface area contributed by atoms with Crippen LogP contribution in [0.5, 0.6) is 0 Å². The van der Waals surface area contributed by atoms with Gasteiger partial charge in [-0.25, -0.2) is 0 Å². The number of rotatable bonds is 4. The van der Waals surface area contributed by atoms with Gasteiger partial charge in [0.2, 0.25) is 0 Å². The second kappa shape index (κ2) is 4.99. The molecule has 1 aromatic carbocycles. The number of carbonyl (C=O) groups is 1. The Morgan fingerprint density at radius 1 is 1.33 bits per heavy atom. The second-order valence-corrected chi connectivity index (χ2v) is 5.05. The van der Waals surface area contributed by atoms with Crippen molar-refractivity contribution in [1.82, 2.24) is 0 Å². The summed E-state index contributed by atoms with van der Waals surface area (Å²) in [5.41, 5.74) is 0. The summed E-state index contributed by atoms with van der Waals surface area (Å²) >= 11 is 0.0515. The molecule has 0 saturated carbocycles. The van der Waals surface area contributed by atoms with Crippen LogP contribution in [0.1, 0.15) is 6.42 Å². The van der Waals surface area contributed by atoms with Gasteiger partial charge in [-0.15, -0.1) is 0 Å². The van der Waals surface area contributed by atoms with Gasteiger partial charge < -0.3 is 0 Å². The van der Waals surface area contributed by atoms with Gasteiger partial charge in [-0.1, -0.05) is 0 Å². The van der Waals surface area contributed by atoms with Crippen LogP contribution in [0.25, 0.3) is 0 Å². The fraction of sp³-hybridized carbons (Fsp3) is 0.222. The topological polar surface area (TPSA) is 37.3 Å². The van der Waals surface area contributed by atoms with Crippen LogP contribution < -0.4 is 4.35 Å². The number of hydrogen-bond donors (Lipinski definition) is 1. The van der Waals surface area contributed by atoms with Gasteiger partial charge >= 0.3 is 77.9 Å². The third kappa shape index (κ3) is 3.58. The maximum absolute atomic E-state index is 10.2. The van der Waals surface area contributed by atoms with Crippen molar-refractivity contribution in [2.45, 2.75) is 11.6 Å². The summed E-state index contributed by atoms with van der Waals surface area (Å²) in [7, 11) is 0. The molecule has 1 radical (unpaired) electrons. The van der Waals surface area contributed by atoms with E-state index < -0.39 is 5.97 Å². The van der Waals surface area contributed by atoms with Crippen molar-refractivity contribution >= 4 is 26.1 Å². The van der Waals surface area contributed by atoms with Gasteiger partial charge in [0.15, 0.2) is 0 Å². The van der Waals surface area contributed by atoms with Crippen LogP contribution in [0.4, 0.5) is 0 Å². The Bertz CT molecular complexity index is 246. The van der Waals surface area contributed by atoms with E-state index in [2.05, 4.69) is 12.1 Å². The predicted octanol–water partition coefficient (Wildman–Crippen LogP) is 0.909. The molecule has 0 aliphatic carbocycles. The first-order valence-corrected chi connectivity index (χ1v) is 6.00. The van der Waals surface area contributed by atoms with Crippen molar-refractivity contribution in [1.29, 1.82) is 0 Å². The van der Waals surface area contributed by atoms with E-state index in [4.69, 9.17) is 5.11 Å². The molecular formula is C9H10AsO2. The van der Waals surface area contributed by atoms with Gasteiger partial charge in [0.25, 0.3) is 0 Å². The first kappa shape index (κ1) is 9.34. The quantitative estimate of drug-likeness (QED) is 0.773. The standard InChI is InChI=1S/C9H10AsO2/c11-9(12)6-7-10-8-4-2-1-3-5-8/h1-5H,6-7H2,(H,11,12). The zero-order valence-corrected chi connectivity index (χ0v) is 8.48. The van der Waals surface area contributed by atoms with E-state index in [-0.39, 0.29) is 15.8 Å². The van der Waals surface area contributed by atoms with E-state index >= 15 is 0 Å². The molecule has 0 atom stereocenters. The van der Waals surface area contributed by atoms with E-state index in [0.29, 0.717) is 6.42 Å². The van der Waals surface area contributed by atoms with Gasteiger partial charge in [0, 0.05) is 0 Å². The molecular weight excluding hydrogens is 215 g/mol. The molecule has 0 aliphatic rings. The molecule has 3 heteroatoms. The van der Waals surface area contributed by atoms with Crippen molar-refractivity contribution in [3.8, 4) is 0 Å². The van der Waals surface area contributed by atoms with Crippen LogP contribution in [0.2, 0.25) is 5.21 Å². The summed E-state index contributed by atoms with van der Waals surface area (Å²) in [5, 5.41) is 9.22. The third-order valence-electron chi connectivity index (χ3n) is 1.38. The van der Waals surface area contributed by atoms with Gasteiger partial charge in [0.05, 0.1) is 0 Å². The summed E-state index contributed by atoms with van der Waals surface area (Å²) in [6.07, 6.45) is 0.300. The SMILES string of the molecule is O=C(O)CC[As]c1ccccc1. The summed E-state index contributed by atoms with van der Waals surface area (Å²) in [5.74, 6) is -0.693. The molecule has 0 bridgehead atoms. The van der Waals surface area contributed by atoms with Crippen LogP contribution in [0, 0.1) is 0 Å². The molecule has 2 nitrogen and oxygen atoms in total. The molecule has 1 N–H and O–H groups in total. The average molecular weight is 225 g/mol. The van der Waals surface area contributed by atoms with Crippen LogP contribution >= 0.6 is 0 Å². The molecule has 0 aliphatic heterocycles. The normalized spacial score (nSPS) is 10.7. The van der Waals surface area contributed by atoms with Gasteiger partial charge in [-0.3, -0.25) is 0 Å². The molecule has 0 heterocycles. The van der Waals surface area contributed by atoms with Crippen molar-refractivity contribution in [2.75, 3.05) is 0 Å². The number of carboxylic acids is 1. The van der Waals surface area contributed by atoms with Crippen LogP contribution in [0.3, 0.4) is 0 Å². The van der Waals surface area contributed by atoms with Crippen LogP contribution in [0.15, 0.2) is 30.3 Å². The van der Waals surface area contributed by atoms with Gasteiger partial charge in [0.1, 0.15) is 0 Å². The van der Waals surface area contributed by atoms with Gasteiger partial charge in [-0.05, 0) is 0 Å². The zero-order valence-electron chi connectivity index (χ0n) is 6.60. The molecule has 0 aromatic heterocycles. The average Bonchev–Trinajstić information content (AvgIpc) is 2.05. The Morgan fingerprint density at radius 2 is 2.00 bits per heavy atom. The van der Waals surface area contributed by atoms with E-state index in [0.717, 1.165) is 5.21 Å². The molecule has 1 aromatic rings. The Hall–Kier alpha value is -0.752. The molecule has 0 saturated heterocycles. The summed E-state index contributed by atoms with van der Waals surface area (Å²) in [6, 6.07) is 10.1. The molecule has 0 fully saturated rings. The predicted molar refractivity (Wildman–Crippen MR) is 48.9 cm³/mol. The Morgan fingerprint density at radius 3 is 2.58 bits per heavy atom. The van der Waals surface area contributed by atoms with Gasteiger partial charge in [-0.2, -0.15) is 0 Å². The number of hydrogen-bond acceptors (Lipinski definition) is 1. The van der Waals surface area contributed by atoms with Crippen LogP contribution in [-0.2, 0) is 4.79 Å². The van der Waals surface area contributed by atoms with Crippen molar-refractivity contribution < 1.29 is 9.90 Å². The third-order valence-corrected chi connectivity index (χ3v) is 3.71. The Kier molecular flexibility index (Phi) is 3.89. The minimum absolute atomic E-state index is 0.0515. The van der Waals surface area contributed by atoms with E-state index in [1.165, 1.54) is 4.35 Å². The molecule has 0 amide bonds. The number of carboxylic acid groups (broad SMARTS) is 1. The zero-order chi connectivity index (χ0) is 8.81. The number of aliphatic carboxylic acids is 1.